The Bertz CT molecular complexity index is 1060. The predicted molar refractivity (Wildman–Crippen MR) is 154 cm³/mol. The molecule has 0 spiro atoms. The quantitative estimate of drug-likeness (QED) is 0.334. The number of amides is 2. The third-order valence-corrected chi connectivity index (χ3v) is 6.82. The summed E-state index contributed by atoms with van der Waals surface area (Å²) in [5.74, 6) is -0.0780. The van der Waals surface area contributed by atoms with E-state index in [1.165, 1.54) is 25.1 Å². The number of alkyl halides is 2. The van der Waals surface area contributed by atoms with Crippen LogP contribution in [0.15, 0.2) is 12.3 Å². The van der Waals surface area contributed by atoms with Gasteiger partial charge in [0.2, 0.25) is 6.41 Å². The number of halogens is 2. The van der Waals surface area contributed by atoms with Gasteiger partial charge in [0.1, 0.15) is 5.82 Å². The number of carbonyl (C=O) groups excluding carboxylic acids is 2. The van der Waals surface area contributed by atoms with Crippen molar-refractivity contribution >= 4 is 29.5 Å². The van der Waals surface area contributed by atoms with E-state index in [1.807, 2.05) is 39.5 Å². The lowest BCUT2D eigenvalue weighted by Crippen LogP contribution is -2.38. The van der Waals surface area contributed by atoms with E-state index >= 15 is 0 Å². The van der Waals surface area contributed by atoms with Gasteiger partial charge in [-0.1, -0.05) is 34.6 Å². The monoisotopic (exact) mass is 569 g/mol. The lowest BCUT2D eigenvalue weighted by Gasteiger charge is -2.19. The van der Waals surface area contributed by atoms with Crippen molar-refractivity contribution < 1.29 is 23.5 Å². The highest BCUT2D eigenvalue weighted by molar-refractivity contribution is 7.17. The molecule has 1 saturated heterocycles. The summed E-state index contributed by atoms with van der Waals surface area (Å²) in [6.45, 7) is 18.6. The summed E-state index contributed by atoms with van der Waals surface area (Å²) < 4.78 is 27.5. The zero-order valence-electron chi connectivity index (χ0n) is 24.7. The summed E-state index contributed by atoms with van der Waals surface area (Å²) in [6.07, 6.45) is 2.00. The Labute approximate surface area is 235 Å². The lowest BCUT2D eigenvalue weighted by atomic mass is 9.97. The second-order valence-corrected chi connectivity index (χ2v) is 12.1. The van der Waals surface area contributed by atoms with Gasteiger partial charge in [-0.25, -0.2) is 18.7 Å². The molecule has 3 heterocycles. The second-order valence-electron chi connectivity index (χ2n) is 11.1. The maximum Gasteiger partial charge on any atom is 0.280 e. The van der Waals surface area contributed by atoms with Gasteiger partial charge >= 0.3 is 0 Å². The van der Waals surface area contributed by atoms with Crippen LogP contribution in [-0.2, 0) is 4.79 Å². The minimum absolute atomic E-state index is 0.0228. The van der Waals surface area contributed by atoms with Crippen LogP contribution in [0.3, 0.4) is 0 Å². The van der Waals surface area contributed by atoms with Crippen LogP contribution in [0.5, 0.6) is 0 Å². The molecule has 220 valence electrons. The summed E-state index contributed by atoms with van der Waals surface area (Å²) in [7, 11) is 0. The molecule has 8 nitrogen and oxygen atoms in total. The molecular formula is C28H45F2N5O3S. The number of thiazole rings is 1. The molecule has 1 fully saturated rings. The number of carbonyl (C=O) groups is 2. The van der Waals surface area contributed by atoms with Gasteiger partial charge in [-0.2, -0.15) is 0 Å². The van der Waals surface area contributed by atoms with Crippen LogP contribution in [0.2, 0.25) is 0 Å². The van der Waals surface area contributed by atoms with Gasteiger partial charge in [0.15, 0.2) is 5.01 Å². The molecule has 0 radical (unpaired) electrons. The van der Waals surface area contributed by atoms with Gasteiger partial charge in [0.05, 0.1) is 16.2 Å². The number of hydrogen-bond donors (Lipinski definition) is 3. The first-order chi connectivity index (χ1) is 18.1. The fraction of sp³-hybridized carbons (Fsp3) is 0.643. The van der Waals surface area contributed by atoms with Crippen LogP contribution in [0.25, 0.3) is 10.4 Å². The molecule has 1 aliphatic rings. The minimum atomic E-state index is -2.70. The number of aryl methyl sites for hydroxylation is 1. The van der Waals surface area contributed by atoms with E-state index in [2.05, 4.69) is 27.5 Å². The first-order valence-electron chi connectivity index (χ1n) is 13.3. The minimum Gasteiger partial charge on any atom is -0.389 e. The van der Waals surface area contributed by atoms with Gasteiger partial charge in [-0.05, 0) is 52.0 Å². The Morgan fingerprint density at radius 3 is 2.36 bits per heavy atom. The predicted octanol–water partition coefficient (Wildman–Crippen LogP) is 6.06. The summed E-state index contributed by atoms with van der Waals surface area (Å²) in [5, 5.41) is 15.6. The largest absolute Gasteiger partial charge is 0.389 e. The number of aliphatic hydroxyl groups is 1. The molecule has 2 aromatic rings. The summed E-state index contributed by atoms with van der Waals surface area (Å²) in [5.41, 5.74) is -0.509. The maximum atomic E-state index is 13.7. The van der Waals surface area contributed by atoms with Crippen molar-refractivity contribution in [2.45, 2.75) is 93.2 Å². The maximum absolute atomic E-state index is 13.7. The van der Waals surface area contributed by atoms with Crippen LogP contribution in [0, 0.1) is 12.3 Å². The van der Waals surface area contributed by atoms with Crippen molar-refractivity contribution in [3.63, 3.8) is 0 Å². The number of nitrogens with zero attached hydrogens (tertiary/aromatic N) is 3. The average molecular weight is 570 g/mol. The molecule has 0 bridgehead atoms. The number of likely N-dealkylation sites (tertiary alicyclic amines) is 1. The molecule has 1 aliphatic heterocycles. The molecule has 11 heteroatoms. The highest BCUT2D eigenvalue weighted by Crippen LogP contribution is 2.37. The van der Waals surface area contributed by atoms with Gasteiger partial charge in [0, 0.05) is 43.0 Å². The van der Waals surface area contributed by atoms with Crippen molar-refractivity contribution in [3.05, 3.63) is 28.5 Å². The van der Waals surface area contributed by atoms with Gasteiger partial charge < -0.3 is 20.6 Å². The molecule has 1 unspecified atom stereocenters. The SMILES string of the molecule is CC.CC1CCCN1C=O.Cc1nc(C(=O)NCC(C)(C)O)sc1-c1cnc(NCC(C)(C)C)cc1C(F)F. The first-order valence-corrected chi connectivity index (χ1v) is 14.1. The van der Waals surface area contributed by atoms with Crippen molar-refractivity contribution in [2.24, 2.45) is 5.41 Å². The molecular weight excluding hydrogens is 524 g/mol. The van der Waals surface area contributed by atoms with Crippen LogP contribution < -0.4 is 10.6 Å². The molecule has 0 saturated carbocycles. The van der Waals surface area contributed by atoms with Crippen LogP contribution in [0.1, 0.15) is 95.7 Å². The van der Waals surface area contributed by atoms with Crippen LogP contribution in [-0.4, -0.2) is 63.6 Å². The third-order valence-electron chi connectivity index (χ3n) is 5.63. The second kappa shape index (κ2) is 15.2. The van der Waals surface area contributed by atoms with E-state index in [1.54, 1.807) is 20.8 Å². The smallest absolute Gasteiger partial charge is 0.280 e. The van der Waals surface area contributed by atoms with Crippen molar-refractivity contribution in [1.29, 1.82) is 0 Å². The molecule has 2 aromatic heterocycles. The van der Waals surface area contributed by atoms with Crippen molar-refractivity contribution in [3.8, 4) is 10.4 Å². The molecule has 39 heavy (non-hydrogen) atoms. The highest BCUT2D eigenvalue weighted by atomic mass is 32.1. The molecule has 3 N–H and O–H groups in total. The topological polar surface area (TPSA) is 107 Å². The normalized spacial score (nSPS) is 15.2. The van der Waals surface area contributed by atoms with E-state index in [-0.39, 0.29) is 28.1 Å². The van der Waals surface area contributed by atoms with E-state index in [9.17, 15) is 23.5 Å². The third kappa shape index (κ3) is 11.5. The Hall–Kier alpha value is -2.66. The summed E-state index contributed by atoms with van der Waals surface area (Å²) >= 11 is 1.03. The van der Waals surface area contributed by atoms with E-state index in [4.69, 9.17) is 0 Å². The average Bonchev–Trinajstić information content (AvgIpc) is 3.46. The molecule has 1 atom stereocenters. The van der Waals surface area contributed by atoms with E-state index < -0.39 is 17.9 Å². The molecule has 3 rings (SSSR count). The van der Waals surface area contributed by atoms with Gasteiger partial charge in [0.25, 0.3) is 12.3 Å². The Balaban J connectivity index is 0.000000641. The summed E-state index contributed by atoms with van der Waals surface area (Å²) in [4.78, 5) is 33.2. The zero-order chi connectivity index (χ0) is 30.0. The standard InChI is InChI=1S/C20H28F2N4O2S.C6H11NO.C2H6/c1-11-15(29-18(26-11)17(27)25-10-20(5,6)28)13-8-23-14(7-12(13)16(21)22)24-9-19(2,3)4;1-6-3-2-4-7(6)5-8;1-2/h7-8,16,28H,9-10H2,1-6H3,(H,23,24)(H,25,27);5-6H,2-4H2,1H3;1-2H3. The summed E-state index contributed by atoms with van der Waals surface area (Å²) in [6, 6.07) is 1.84. The van der Waals surface area contributed by atoms with Gasteiger partial charge in [-0.3, -0.25) is 9.59 Å². The number of aromatic nitrogens is 2. The molecule has 2 amide bonds. The number of hydrogen-bond acceptors (Lipinski definition) is 7. The Morgan fingerprint density at radius 2 is 1.90 bits per heavy atom. The molecule has 0 aromatic carbocycles. The van der Waals surface area contributed by atoms with Gasteiger partial charge in [-0.15, -0.1) is 11.3 Å². The fourth-order valence-corrected chi connectivity index (χ4v) is 4.54. The highest BCUT2D eigenvalue weighted by Gasteiger charge is 2.23. The van der Waals surface area contributed by atoms with E-state index in [0.29, 0.717) is 29.0 Å². The van der Waals surface area contributed by atoms with Crippen molar-refractivity contribution in [2.75, 3.05) is 25.0 Å². The molecule has 0 aliphatic carbocycles. The Morgan fingerprint density at radius 1 is 1.26 bits per heavy atom. The van der Waals surface area contributed by atoms with Crippen molar-refractivity contribution in [1.82, 2.24) is 20.2 Å². The number of nitrogens with one attached hydrogen (secondary N) is 2. The fourth-order valence-electron chi connectivity index (χ4n) is 3.52. The number of anilines is 1. The Kier molecular flexibility index (Phi) is 13.4. The first kappa shape index (κ1) is 34.4. The lowest BCUT2D eigenvalue weighted by molar-refractivity contribution is -0.118. The van der Waals surface area contributed by atoms with Crippen LogP contribution in [0.4, 0.5) is 14.6 Å². The van der Waals surface area contributed by atoms with Crippen LogP contribution >= 0.6 is 11.3 Å². The van der Waals surface area contributed by atoms with E-state index in [0.717, 1.165) is 24.3 Å². The number of rotatable bonds is 8. The zero-order valence-corrected chi connectivity index (χ0v) is 25.5. The number of pyridine rings is 1.